The highest BCUT2D eigenvalue weighted by Crippen LogP contribution is 2.13. The van der Waals surface area contributed by atoms with Crippen molar-refractivity contribution in [1.29, 1.82) is 0 Å². The number of aryl methyl sites for hydroxylation is 2. The van der Waals surface area contributed by atoms with E-state index in [1.165, 1.54) is 18.2 Å². The van der Waals surface area contributed by atoms with Gasteiger partial charge in [-0.25, -0.2) is 18.1 Å². The molecule has 0 aliphatic heterocycles. The second kappa shape index (κ2) is 4.85. The Morgan fingerprint density at radius 1 is 1.16 bits per heavy atom. The third-order valence-electron chi connectivity index (χ3n) is 2.43. The molecule has 0 amide bonds. The highest BCUT2D eigenvalue weighted by atomic mass is 32.2. The number of nitrogens with one attached hydrogen (secondary N) is 2. The number of sulfonamides is 1. The van der Waals surface area contributed by atoms with E-state index >= 15 is 0 Å². The van der Waals surface area contributed by atoms with E-state index in [2.05, 4.69) is 14.7 Å². The molecule has 0 bridgehead atoms. The predicted molar refractivity (Wildman–Crippen MR) is 71.6 cm³/mol. The third-order valence-corrected chi connectivity index (χ3v) is 3.79. The summed E-state index contributed by atoms with van der Waals surface area (Å²) in [6.45, 7) is 3.47. The van der Waals surface area contributed by atoms with Crippen LogP contribution >= 0.6 is 0 Å². The van der Waals surface area contributed by atoms with E-state index in [4.69, 9.17) is 0 Å². The molecule has 0 saturated heterocycles. The number of rotatable bonds is 3. The second-order valence-electron chi connectivity index (χ2n) is 4.15. The average molecular weight is 279 g/mol. The van der Waals surface area contributed by atoms with Crippen molar-refractivity contribution in [3.63, 3.8) is 0 Å². The Morgan fingerprint density at radius 2 is 1.79 bits per heavy atom. The zero-order valence-electron chi connectivity index (χ0n) is 10.5. The molecular weight excluding hydrogens is 266 g/mol. The monoisotopic (exact) mass is 279 g/mol. The molecule has 2 aromatic rings. The topological polar surface area (TPSA) is 91.9 Å². The van der Waals surface area contributed by atoms with Gasteiger partial charge < -0.3 is 0 Å². The maximum atomic E-state index is 12.1. The molecule has 7 heteroatoms. The summed E-state index contributed by atoms with van der Waals surface area (Å²) < 4.78 is 26.4. The Morgan fingerprint density at radius 3 is 2.37 bits per heavy atom. The summed E-state index contributed by atoms with van der Waals surface area (Å²) in [6, 6.07) is 7.66. The Hall–Kier alpha value is -2.15. The first-order valence-electron chi connectivity index (χ1n) is 5.54. The summed E-state index contributed by atoms with van der Waals surface area (Å²) in [4.78, 5) is 17.6. The Kier molecular flexibility index (Phi) is 3.39. The van der Waals surface area contributed by atoms with Crippen molar-refractivity contribution in [3.8, 4) is 0 Å². The van der Waals surface area contributed by atoms with Crippen LogP contribution in [0.5, 0.6) is 0 Å². The standard InChI is InChI=1S/C12H13N3O3S/c1-8-3-5-10(6-4-8)19(17,18)15-12-13-9(2)7-11(16)14-12/h3-7H,1-2H3,(H2,13,14,15,16). The summed E-state index contributed by atoms with van der Waals surface area (Å²) in [6.07, 6.45) is 0. The van der Waals surface area contributed by atoms with Gasteiger partial charge in [-0.15, -0.1) is 0 Å². The molecule has 1 heterocycles. The minimum absolute atomic E-state index is 0.0921. The first-order valence-corrected chi connectivity index (χ1v) is 7.02. The lowest BCUT2D eigenvalue weighted by atomic mass is 10.2. The normalized spacial score (nSPS) is 11.3. The molecule has 19 heavy (non-hydrogen) atoms. The molecule has 1 aromatic heterocycles. The van der Waals surface area contributed by atoms with Crippen LogP contribution in [0.2, 0.25) is 0 Å². The van der Waals surface area contributed by atoms with Gasteiger partial charge in [0.15, 0.2) is 0 Å². The van der Waals surface area contributed by atoms with Crippen molar-refractivity contribution in [2.75, 3.05) is 4.72 Å². The summed E-state index contributed by atoms with van der Waals surface area (Å²) in [5, 5.41) is 0. The predicted octanol–water partition coefficient (Wildman–Crippen LogP) is 1.19. The lowest BCUT2D eigenvalue weighted by molar-refractivity contribution is 0.600. The Balaban J connectivity index is 2.36. The van der Waals surface area contributed by atoms with E-state index in [0.29, 0.717) is 5.69 Å². The average Bonchev–Trinajstić information content (AvgIpc) is 2.27. The number of aromatic nitrogens is 2. The van der Waals surface area contributed by atoms with Gasteiger partial charge in [0.05, 0.1) is 4.90 Å². The minimum atomic E-state index is -3.75. The van der Waals surface area contributed by atoms with E-state index in [9.17, 15) is 13.2 Å². The van der Waals surface area contributed by atoms with Crippen LogP contribution in [0.1, 0.15) is 11.3 Å². The molecule has 2 N–H and O–H groups in total. The number of hydrogen-bond donors (Lipinski definition) is 2. The van der Waals surface area contributed by atoms with E-state index in [1.54, 1.807) is 19.1 Å². The first kappa shape index (κ1) is 13.3. The second-order valence-corrected chi connectivity index (χ2v) is 5.84. The highest BCUT2D eigenvalue weighted by molar-refractivity contribution is 7.92. The van der Waals surface area contributed by atoms with Crippen molar-refractivity contribution in [1.82, 2.24) is 9.97 Å². The molecule has 0 saturated carbocycles. The fourth-order valence-corrected chi connectivity index (χ4v) is 2.49. The smallest absolute Gasteiger partial charge is 0.264 e. The van der Waals surface area contributed by atoms with E-state index in [-0.39, 0.29) is 10.8 Å². The van der Waals surface area contributed by atoms with Crippen LogP contribution in [0.4, 0.5) is 5.95 Å². The molecule has 0 aliphatic rings. The lowest BCUT2D eigenvalue weighted by Gasteiger charge is -2.07. The zero-order valence-corrected chi connectivity index (χ0v) is 11.3. The third kappa shape index (κ3) is 3.19. The zero-order chi connectivity index (χ0) is 14.0. The number of nitrogens with zero attached hydrogens (tertiary/aromatic N) is 1. The molecule has 1 aromatic carbocycles. The summed E-state index contributed by atoms with van der Waals surface area (Å²) >= 11 is 0. The van der Waals surface area contributed by atoms with Gasteiger partial charge in [0, 0.05) is 11.8 Å². The van der Waals surface area contributed by atoms with Gasteiger partial charge in [-0.2, -0.15) is 0 Å². The van der Waals surface area contributed by atoms with Crippen molar-refractivity contribution < 1.29 is 8.42 Å². The van der Waals surface area contributed by atoms with Gasteiger partial charge in [-0.05, 0) is 26.0 Å². The molecule has 6 nitrogen and oxygen atoms in total. The molecule has 0 spiro atoms. The molecule has 0 aliphatic carbocycles. The molecular formula is C12H13N3O3S. The highest BCUT2D eigenvalue weighted by Gasteiger charge is 2.15. The van der Waals surface area contributed by atoms with Gasteiger partial charge in [0.1, 0.15) is 0 Å². The van der Waals surface area contributed by atoms with Crippen molar-refractivity contribution in [2.45, 2.75) is 18.7 Å². The summed E-state index contributed by atoms with van der Waals surface area (Å²) in [5.41, 5.74) is 0.987. The van der Waals surface area contributed by atoms with Crippen molar-refractivity contribution >= 4 is 16.0 Å². The molecule has 0 atom stereocenters. The van der Waals surface area contributed by atoms with Gasteiger partial charge in [-0.1, -0.05) is 17.7 Å². The quantitative estimate of drug-likeness (QED) is 0.882. The molecule has 0 radical (unpaired) electrons. The summed E-state index contributed by atoms with van der Waals surface area (Å²) in [7, 11) is -3.75. The van der Waals surface area contributed by atoms with Crippen LogP contribution < -0.4 is 10.3 Å². The van der Waals surface area contributed by atoms with Gasteiger partial charge in [0.2, 0.25) is 5.95 Å². The van der Waals surface area contributed by atoms with Gasteiger partial charge in [0.25, 0.3) is 15.6 Å². The van der Waals surface area contributed by atoms with Crippen LogP contribution in [-0.2, 0) is 10.0 Å². The van der Waals surface area contributed by atoms with Crippen LogP contribution in [0.25, 0.3) is 0 Å². The van der Waals surface area contributed by atoms with Crippen molar-refractivity contribution in [2.24, 2.45) is 0 Å². The SMILES string of the molecule is Cc1ccc(S(=O)(=O)Nc2nc(C)cc(=O)[nH]2)cc1. The number of hydrogen-bond acceptors (Lipinski definition) is 4. The van der Waals surface area contributed by atoms with E-state index in [1.807, 2.05) is 6.92 Å². The molecule has 0 unspecified atom stereocenters. The van der Waals surface area contributed by atoms with E-state index in [0.717, 1.165) is 5.56 Å². The maximum Gasteiger partial charge on any atom is 0.264 e. The maximum absolute atomic E-state index is 12.1. The van der Waals surface area contributed by atoms with Gasteiger partial charge in [-0.3, -0.25) is 9.78 Å². The lowest BCUT2D eigenvalue weighted by Crippen LogP contribution is -2.18. The van der Waals surface area contributed by atoms with Crippen LogP contribution in [0.15, 0.2) is 40.0 Å². The molecule has 0 fully saturated rings. The Bertz CT molecular complexity index is 749. The molecule has 100 valence electrons. The first-order chi connectivity index (χ1) is 8.87. The fourth-order valence-electron chi connectivity index (χ4n) is 1.53. The fraction of sp³-hybridized carbons (Fsp3) is 0.167. The number of anilines is 1. The van der Waals surface area contributed by atoms with E-state index < -0.39 is 15.6 Å². The van der Waals surface area contributed by atoms with Gasteiger partial charge >= 0.3 is 0 Å². The number of aromatic amines is 1. The van der Waals surface area contributed by atoms with Crippen molar-refractivity contribution in [3.05, 3.63) is 51.9 Å². The largest absolute Gasteiger partial charge is 0.292 e. The number of H-pyrrole nitrogens is 1. The number of benzene rings is 1. The van der Waals surface area contributed by atoms with Crippen LogP contribution in [-0.4, -0.2) is 18.4 Å². The molecule has 2 rings (SSSR count). The summed E-state index contributed by atoms with van der Waals surface area (Å²) in [5.74, 6) is -0.0921. The van der Waals surface area contributed by atoms with Crippen LogP contribution in [0, 0.1) is 13.8 Å². The Labute approximate surface area is 110 Å². The minimum Gasteiger partial charge on any atom is -0.292 e. The van der Waals surface area contributed by atoms with Crippen LogP contribution in [0.3, 0.4) is 0 Å².